The monoisotopic (exact) mass is 235 g/mol. The standard InChI is InChI=1S/C10H9N3S2/c11-3-9-1-2-10(15-9)5-12-4-8-6-14-7-13-8/h1-2,6-7,12H,4-5H2. The van der Waals surface area contributed by atoms with Gasteiger partial charge in [0.15, 0.2) is 0 Å². The molecule has 2 aromatic rings. The largest absolute Gasteiger partial charge is 0.306 e. The van der Waals surface area contributed by atoms with Gasteiger partial charge in [0.05, 0.1) is 11.2 Å². The summed E-state index contributed by atoms with van der Waals surface area (Å²) in [6, 6.07) is 5.97. The lowest BCUT2D eigenvalue weighted by atomic mass is 10.4. The highest BCUT2D eigenvalue weighted by Gasteiger charge is 1.99. The molecule has 0 radical (unpaired) electrons. The maximum Gasteiger partial charge on any atom is 0.110 e. The molecule has 3 nitrogen and oxygen atoms in total. The Morgan fingerprint density at radius 2 is 2.33 bits per heavy atom. The number of nitrogens with zero attached hydrogens (tertiary/aromatic N) is 2. The molecule has 0 saturated carbocycles. The molecule has 5 heteroatoms. The molecule has 2 aromatic heterocycles. The summed E-state index contributed by atoms with van der Waals surface area (Å²) >= 11 is 3.13. The van der Waals surface area contributed by atoms with Crippen LogP contribution in [0.3, 0.4) is 0 Å². The fourth-order valence-electron chi connectivity index (χ4n) is 1.17. The van der Waals surface area contributed by atoms with Gasteiger partial charge < -0.3 is 5.32 Å². The third-order valence-electron chi connectivity index (χ3n) is 1.86. The van der Waals surface area contributed by atoms with Crippen LogP contribution in [-0.4, -0.2) is 4.98 Å². The van der Waals surface area contributed by atoms with Gasteiger partial charge in [-0.05, 0) is 12.1 Å². The molecule has 2 heterocycles. The van der Waals surface area contributed by atoms with Gasteiger partial charge in [-0.1, -0.05) is 0 Å². The normalized spacial score (nSPS) is 10.1. The minimum atomic E-state index is 0.764. The fourth-order valence-corrected chi connectivity index (χ4v) is 2.50. The van der Waals surface area contributed by atoms with E-state index in [1.54, 1.807) is 11.3 Å². The quantitative estimate of drug-likeness (QED) is 0.885. The molecule has 0 unspecified atom stereocenters. The molecule has 2 rings (SSSR count). The van der Waals surface area contributed by atoms with Crippen LogP contribution in [0.1, 0.15) is 15.4 Å². The number of nitriles is 1. The van der Waals surface area contributed by atoms with E-state index in [-0.39, 0.29) is 0 Å². The molecule has 0 atom stereocenters. The van der Waals surface area contributed by atoms with Gasteiger partial charge in [-0.2, -0.15) is 5.26 Å². The van der Waals surface area contributed by atoms with Gasteiger partial charge in [-0.25, -0.2) is 4.98 Å². The predicted molar refractivity (Wildman–Crippen MR) is 61.7 cm³/mol. The molecule has 0 aliphatic heterocycles. The van der Waals surface area contributed by atoms with Crippen molar-refractivity contribution < 1.29 is 0 Å². The van der Waals surface area contributed by atoms with Crippen LogP contribution < -0.4 is 5.32 Å². The van der Waals surface area contributed by atoms with Crippen molar-refractivity contribution >= 4 is 22.7 Å². The highest BCUT2D eigenvalue weighted by Crippen LogP contribution is 2.14. The molecule has 0 fully saturated rings. The molecule has 0 saturated heterocycles. The van der Waals surface area contributed by atoms with Gasteiger partial charge >= 0.3 is 0 Å². The number of hydrogen-bond acceptors (Lipinski definition) is 5. The smallest absolute Gasteiger partial charge is 0.110 e. The van der Waals surface area contributed by atoms with Gasteiger partial charge in [-0.3, -0.25) is 0 Å². The van der Waals surface area contributed by atoms with Crippen molar-refractivity contribution in [1.82, 2.24) is 10.3 Å². The van der Waals surface area contributed by atoms with E-state index in [1.165, 1.54) is 16.2 Å². The molecule has 0 aliphatic carbocycles. The van der Waals surface area contributed by atoms with Crippen molar-refractivity contribution in [2.45, 2.75) is 13.1 Å². The van der Waals surface area contributed by atoms with Crippen LogP contribution in [0.4, 0.5) is 0 Å². The molecular weight excluding hydrogens is 226 g/mol. The van der Waals surface area contributed by atoms with E-state index in [1.807, 2.05) is 23.0 Å². The van der Waals surface area contributed by atoms with Gasteiger partial charge in [0.25, 0.3) is 0 Å². The van der Waals surface area contributed by atoms with E-state index in [0.717, 1.165) is 23.7 Å². The highest BCUT2D eigenvalue weighted by molar-refractivity contribution is 7.12. The number of thiophene rings is 1. The second-order valence-electron chi connectivity index (χ2n) is 2.96. The van der Waals surface area contributed by atoms with Crippen LogP contribution in [0.15, 0.2) is 23.0 Å². The average molecular weight is 235 g/mol. The van der Waals surface area contributed by atoms with Gasteiger partial charge in [0, 0.05) is 23.3 Å². The Balaban J connectivity index is 1.81. The third kappa shape index (κ3) is 2.86. The summed E-state index contributed by atoms with van der Waals surface area (Å²) < 4.78 is 0. The first-order valence-electron chi connectivity index (χ1n) is 4.45. The summed E-state index contributed by atoms with van der Waals surface area (Å²) in [4.78, 5) is 6.12. The SMILES string of the molecule is N#Cc1ccc(CNCc2cscn2)s1. The summed E-state index contributed by atoms with van der Waals surface area (Å²) in [7, 11) is 0. The Bertz CT molecular complexity index is 453. The van der Waals surface area contributed by atoms with Crippen molar-refractivity contribution in [3.05, 3.63) is 38.5 Å². The number of aromatic nitrogens is 1. The molecule has 0 bridgehead atoms. The minimum Gasteiger partial charge on any atom is -0.306 e. The van der Waals surface area contributed by atoms with Crippen molar-refractivity contribution in [3.63, 3.8) is 0 Å². The first kappa shape index (κ1) is 10.3. The third-order valence-corrected chi connectivity index (χ3v) is 3.49. The molecule has 0 aliphatic rings. The van der Waals surface area contributed by atoms with Crippen LogP contribution in [0, 0.1) is 11.3 Å². The zero-order valence-electron chi connectivity index (χ0n) is 7.93. The molecule has 76 valence electrons. The van der Waals surface area contributed by atoms with E-state index in [0.29, 0.717) is 0 Å². The first-order valence-corrected chi connectivity index (χ1v) is 6.21. The molecular formula is C10H9N3S2. The molecule has 0 spiro atoms. The van der Waals surface area contributed by atoms with Crippen LogP contribution in [-0.2, 0) is 13.1 Å². The summed E-state index contributed by atoms with van der Waals surface area (Å²) in [6.07, 6.45) is 0. The van der Waals surface area contributed by atoms with Crippen LogP contribution in [0.25, 0.3) is 0 Å². The van der Waals surface area contributed by atoms with Crippen LogP contribution in [0.5, 0.6) is 0 Å². The Kier molecular flexibility index (Phi) is 3.45. The van der Waals surface area contributed by atoms with Crippen molar-refractivity contribution in [3.8, 4) is 6.07 Å². The Labute approximate surface area is 96.0 Å². The number of nitrogens with one attached hydrogen (secondary N) is 1. The van der Waals surface area contributed by atoms with E-state index in [2.05, 4.69) is 16.4 Å². The number of thiazole rings is 1. The second-order valence-corrected chi connectivity index (χ2v) is 4.85. The maximum absolute atomic E-state index is 8.66. The van der Waals surface area contributed by atoms with Gasteiger partial charge in [-0.15, -0.1) is 22.7 Å². The number of rotatable bonds is 4. The Morgan fingerprint density at radius 1 is 1.40 bits per heavy atom. The van der Waals surface area contributed by atoms with Gasteiger partial charge in [0.1, 0.15) is 10.9 Å². The lowest BCUT2D eigenvalue weighted by Crippen LogP contribution is -2.11. The lowest BCUT2D eigenvalue weighted by Gasteiger charge is -1.98. The van der Waals surface area contributed by atoms with E-state index in [9.17, 15) is 0 Å². The van der Waals surface area contributed by atoms with Crippen LogP contribution in [0.2, 0.25) is 0 Å². The number of hydrogen-bond donors (Lipinski definition) is 1. The molecule has 1 N–H and O–H groups in total. The highest BCUT2D eigenvalue weighted by atomic mass is 32.1. The van der Waals surface area contributed by atoms with E-state index < -0.39 is 0 Å². The zero-order valence-corrected chi connectivity index (χ0v) is 9.57. The fraction of sp³-hybridized carbons (Fsp3) is 0.200. The van der Waals surface area contributed by atoms with Gasteiger partial charge in [0.2, 0.25) is 0 Å². The molecule has 0 amide bonds. The Morgan fingerprint density at radius 3 is 3.00 bits per heavy atom. The summed E-state index contributed by atoms with van der Waals surface area (Å²) in [5, 5.41) is 14.0. The molecule has 15 heavy (non-hydrogen) atoms. The zero-order chi connectivity index (χ0) is 10.5. The summed E-state index contributed by atoms with van der Waals surface area (Å²) in [5.41, 5.74) is 2.90. The van der Waals surface area contributed by atoms with E-state index >= 15 is 0 Å². The predicted octanol–water partition coefficient (Wildman–Crippen LogP) is 2.37. The van der Waals surface area contributed by atoms with Crippen LogP contribution >= 0.6 is 22.7 Å². The van der Waals surface area contributed by atoms with Crippen molar-refractivity contribution in [2.24, 2.45) is 0 Å². The topological polar surface area (TPSA) is 48.7 Å². The van der Waals surface area contributed by atoms with E-state index in [4.69, 9.17) is 5.26 Å². The van der Waals surface area contributed by atoms with Crippen molar-refractivity contribution in [2.75, 3.05) is 0 Å². The maximum atomic E-state index is 8.66. The summed E-state index contributed by atoms with van der Waals surface area (Å²) in [5.74, 6) is 0. The molecule has 0 aromatic carbocycles. The minimum absolute atomic E-state index is 0.764. The average Bonchev–Trinajstić information content (AvgIpc) is 2.88. The summed E-state index contributed by atoms with van der Waals surface area (Å²) in [6.45, 7) is 1.58. The Hall–Kier alpha value is -1.22. The van der Waals surface area contributed by atoms with Crippen molar-refractivity contribution in [1.29, 1.82) is 5.26 Å². The first-order chi connectivity index (χ1) is 7.38. The lowest BCUT2D eigenvalue weighted by molar-refractivity contribution is 0.690. The second kappa shape index (κ2) is 5.03.